The lowest BCUT2D eigenvalue weighted by atomic mass is 10.0. The van der Waals surface area contributed by atoms with E-state index in [2.05, 4.69) is 25.8 Å². The molecule has 1 amide bonds. The van der Waals surface area contributed by atoms with Crippen molar-refractivity contribution in [2.45, 2.75) is 23.7 Å². The third-order valence-electron chi connectivity index (χ3n) is 4.09. The van der Waals surface area contributed by atoms with E-state index in [9.17, 15) is 4.79 Å². The molecule has 0 radical (unpaired) electrons. The maximum absolute atomic E-state index is 12.0. The van der Waals surface area contributed by atoms with Gasteiger partial charge >= 0.3 is 0 Å². The number of nitrogens with one attached hydrogen (secondary N) is 2. The van der Waals surface area contributed by atoms with Crippen LogP contribution in [0.2, 0.25) is 5.02 Å². The summed E-state index contributed by atoms with van der Waals surface area (Å²) in [6.07, 6.45) is 3.84. The van der Waals surface area contributed by atoms with E-state index in [0.717, 1.165) is 11.1 Å². The number of rotatable bonds is 5. The molecule has 3 heterocycles. The number of hydrogen-bond donors (Lipinski definition) is 2. The average molecular weight is 402 g/mol. The standard InChI is InChI=1S/C18H16ClN5O2S/c19-13-3-1-12(2-4-13)17-23-16(26-24-17)10-27-18-21-14(9-15(25)22-18)11-5-7-20-8-6-11/h1-8,14,18,21H,9-10H2,(H,22,25). The number of thioether (sulfide) groups is 1. The predicted molar refractivity (Wildman–Crippen MR) is 103 cm³/mol. The highest BCUT2D eigenvalue weighted by Crippen LogP contribution is 2.25. The Kier molecular flexibility index (Phi) is 5.38. The van der Waals surface area contributed by atoms with Gasteiger partial charge in [0.2, 0.25) is 17.6 Å². The van der Waals surface area contributed by atoms with E-state index >= 15 is 0 Å². The van der Waals surface area contributed by atoms with Crippen LogP contribution in [0.15, 0.2) is 53.3 Å². The zero-order valence-corrected chi connectivity index (χ0v) is 15.7. The minimum absolute atomic E-state index is 0.000412. The molecule has 2 unspecified atom stereocenters. The molecule has 4 rings (SSSR count). The second-order valence-corrected chi connectivity index (χ2v) is 7.51. The van der Waals surface area contributed by atoms with Gasteiger partial charge in [-0.1, -0.05) is 16.8 Å². The normalized spacial score (nSPS) is 19.7. The third kappa shape index (κ3) is 4.47. The van der Waals surface area contributed by atoms with Crippen LogP contribution in [0.4, 0.5) is 0 Å². The van der Waals surface area contributed by atoms with Crippen LogP contribution in [-0.2, 0) is 10.5 Å². The number of carbonyl (C=O) groups is 1. The fraction of sp³-hybridized carbons (Fsp3) is 0.222. The van der Waals surface area contributed by atoms with Crippen LogP contribution in [0.25, 0.3) is 11.4 Å². The molecule has 3 aromatic rings. The van der Waals surface area contributed by atoms with Crippen LogP contribution >= 0.6 is 23.4 Å². The highest BCUT2D eigenvalue weighted by Gasteiger charge is 2.27. The highest BCUT2D eigenvalue weighted by atomic mass is 35.5. The minimum atomic E-state index is -0.240. The summed E-state index contributed by atoms with van der Waals surface area (Å²) in [5, 5.41) is 11.0. The number of nitrogens with zero attached hydrogens (tertiary/aromatic N) is 3. The quantitative estimate of drug-likeness (QED) is 0.678. The summed E-state index contributed by atoms with van der Waals surface area (Å²) in [5.74, 6) is 1.48. The molecular weight excluding hydrogens is 386 g/mol. The summed E-state index contributed by atoms with van der Waals surface area (Å²) >= 11 is 7.38. The van der Waals surface area contributed by atoms with Crippen molar-refractivity contribution < 1.29 is 9.32 Å². The Balaban J connectivity index is 1.38. The molecular formula is C18H16ClN5O2S. The van der Waals surface area contributed by atoms with E-state index < -0.39 is 0 Å². The summed E-state index contributed by atoms with van der Waals surface area (Å²) in [4.78, 5) is 20.5. The van der Waals surface area contributed by atoms with Gasteiger partial charge in [-0.05, 0) is 42.0 Å². The summed E-state index contributed by atoms with van der Waals surface area (Å²) < 4.78 is 5.31. The molecule has 0 saturated carbocycles. The lowest BCUT2D eigenvalue weighted by Crippen LogP contribution is -2.50. The third-order valence-corrected chi connectivity index (χ3v) is 5.34. The fourth-order valence-corrected chi connectivity index (χ4v) is 3.79. The van der Waals surface area contributed by atoms with Crippen molar-refractivity contribution in [2.75, 3.05) is 0 Å². The number of hydrogen-bond acceptors (Lipinski definition) is 7. The smallest absolute Gasteiger partial charge is 0.237 e. The number of aromatic nitrogens is 3. The summed E-state index contributed by atoms with van der Waals surface area (Å²) in [7, 11) is 0. The minimum Gasteiger partial charge on any atom is -0.338 e. The van der Waals surface area contributed by atoms with Crippen LogP contribution in [0.3, 0.4) is 0 Å². The van der Waals surface area contributed by atoms with Crippen molar-refractivity contribution >= 4 is 29.3 Å². The molecule has 7 nitrogen and oxygen atoms in total. The van der Waals surface area contributed by atoms with E-state index in [4.69, 9.17) is 16.1 Å². The SMILES string of the molecule is O=C1CC(c2ccncc2)NC(SCc2nc(-c3ccc(Cl)cc3)no2)N1. The molecule has 2 aromatic heterocycles. The lowest BCUT2D eigenvalue weighted by molar-refractivity contribution is -0.123. The molecule has 2 atom stereocenters. The molecule has 1 aromatic carbocycles. The molecule has 138 valence electrons. The number of carbonyl (C=O) groups excluding carboxylic acids is 1. The first-order chi connectivity index (χ1) is 13.2. The Hall–Kier alpha value is -2.42. The molecule has 9 heteroatoms. The van der Waals surface area contributed by atoms with Gasteiger partial charge in [-0.25, -0.2) is 0 Å². The second-order valence-electron chi connectivity index (χ2n) is 5.98. The van der Waals surface area contributed by atoms with Gasteiger partial charge in [0, 0.05) is 35.4 Å². The highest BCUT2D eigenvalue weighted by molar-refractivity contribution is 7.99. The molecule has 1 aliphatic rings. The number of pyridine rings is 1. The van der Waals surface area contributed by atoms with Gasteiger partial charge in [0.25, 0.3) is 0 Å². The molecule has 27 heavy (non-hydrogen) atoms. The zero-order valence-electron chi connectivity index (χ0n) is 14.1. The van der Waals surface area contributed by atoms with Crippen LogP contribution in [0.1, 0.15) is 23.9 Å². The number of amides is 1. The molecule has 2 N–H and O–H groups in total. The van der Waals surface area contributed by atoms with Crippen molar-refractivity contribution in [2.24, 2.45) is 0 Å². The van der Waals surface area contributed by atoms with Crippen LogP contribution in [-0.4, -0.2) is 26.5 Å². The van der Waals surface area contributed by atoms with E-state index in [0.29, 0.717) is 28.9 Å². The maximum Gasteiger partial charge on any atom is 0.237 e. The van der Waals surface area contributed by atoms with Crippen molar-refractivity contribution in [3.63, 3.8) is 0 Å². The van der Waals surface area contributed by atoms with Crippen LogP contribution < -0.4 is 10.6 Å². The molecule has 1 fully saturated rings. The largest absolute Gasteiger partial charge is 0.338 e. The lowest BCUT2D eigenvalue weighted by Gasteiger charge is -2.31. The van der Waals surface area contributed by atoms with E-state index in [-0.39, 0.29) is 17.4 Å². The average Bonchev–Trinajstić information content (AvgIpc) is 3.16. The molecule has 1 aliphatic heterocycles. The van der Waals surface area contributed by atoms with Gasteiger partial charge in [0.05, 0.1) is 5.75 Å². The van der Waals surface area contributed by atoms with E-state index in [1.54, 1.807) is 24.5 Å². The summed E-state index contributed by atoms with van der Waals surface area (Å²) in [6.45, 7) is 0. The first-order valence-electron chi connectivity index (χ1n) is 8.33. The predicted octanol–water partition coefficient (Wildman–Crippen LogP) is 3.15. The topological polar surface area (TPSA) is 92.9 Å². The first-order valence-corrected chi connectivity index (χ1v) is 9.75. The summed E-state index contributed by atoms with van der Waals surface area (Å²) in [6, 6.07) is 11.0. The molecule has 0 spiro atoms. The van der Waals surface area contributed by atoms with Gasteiger partial charge in [0.15, 0.2) is 0 Å². The molecule has 1 saturated heterocycles. The Morgan fingerprint density at radius 2 is 1.96 bits per heavy atom. The van der Waals surface area contributed by atoms with Crippen molar-refractivity contribution in [3.8, 4) is 11.4 Å². The molecule has 0 bridgehead atoms. The van der Waals surface area contributed by atoms with Crippen molar-refractivity contribution in [1.82, 2.24) is 25.8 Å². The van der Waals surface area contributed by atoms with Gasteiger partial charge in [-0.3, -0.25) is 15.1 Å². The Bertz CT molecular complexity index is 919. The zero-order chi connectivity index (χ0) is 18.6. The second kappa shape index (κ2) is 8.08. The van der Waals surface area contributed by atoms with Gasteiger partial charge in [-0.2, -0.15) is 4.98 Å². The molecule has 0 aliphatic carbocycles. The van der Waals surface area contributed by atoms with Crippen LogP contribution in [0.5, 0.6) is 0 Å². The van der Waals surface area contributed by atoms with Crippen LogP contribution in [0, 0.1) is 0 Å². The number of halogens is 1. The Morgan fingerprint density at radius 3 is 2.74 bits per heavy atom. The van der Waals surface area contributed by atoms with Gasteiger partial charge in [0.1, 0.15) is 5.50 Å². The van der Waals surface area contributed by atoms with Gasteiger partial charge < -0.3 is 9.84 Å². The number of benzene rings is 1. The van der Waals surface area contributed by atoms with E-state index in [1.165, 1.54) is 11.8 Å². The first kappa shape index (κ1) is 18.0. The van der Waals surface area contributed by atoms with Crippen molar-refractivity contribution in [1.29, 1.82) is 0 Å². The Labute approximate surface area is 164 Å². The monoisotopic (exact) mass is 401 g/mol. The Morgan fingerprint density at radius 1 is 1.19 bits per heavy atom. The van der Waals surface area contributed by atoms with Crippen molar-refractivity contribution in [3.05, 3.63) is 65.3 Å². The maximum atomic E-state index is 12.0. The summed E-state index contributed by atoms with van der Waals surface area (Å²) in [5.41, 5.74) is 1.63. The fourth-order valence-electron chi connectivity index (χ4n) is 2.76. The van der Waals surface area contributed by atoms with Gasteiger partial charge in [-0.15, -0.1) is 11.8 Å². The van der Waals surface area contributed by atoms with E-state index in [1.807, 2.05) is 24.3 Å².